The molecule has 2 aliphatic carbocycles. The molecule has 2 fully saturated rings. The van der Waals surface area contributed by atoms with Crippen LogP contribution in [-0.2, 0) is 0 Å². The first-order valence-corrected chi connectivity index (χ1v) is 9.10. The predicted octanol–water partition coefficient (Wildman–Crippen LogP) is 5.06. The summed E-state index contributed by atoms with van der Waals surface area (Å²) in [5, 5.41) is 21.1. The average molecular weight is 291 g/mol. The molecule has 2 saturated carbocycles. The van der Waals surface area contributed by atoms with Gasteiger partial charge in [0.1, 0.15) is 0 Å². The molecule has 0 atom stereocenters. The summed E-state index contributed by atoms with van der Waals surface area (Å²) in [4.78, 5) is 0. The maximum Gasteiger partial charge on any atom is 0.0860 e. The molecule has 2 heteroatoms. The molecule has 21 heavy (non-hydrogen) atoms. The molecule has 0 bridgehead atoms. The molecule has 120 valence electrons. The number of hydrogen-bond donors (Lipinski definition) is 1. The molecular formula is C19H33NO. The monoisotopic (exact) mass is 291 g/mol. The van der Waals surface area contributed by atoms with Crippen molar-refractivity contribution in [3.05, 3.63) is 0 Å². The first kappa shape index (κ1) is 16.8. The van der Waals surface area contributed by atoms with Crippen LogP contribution in [0, 0.1) is 34.5 Å². The third-order valence-electron chi connectivity index (χ3n) is 6.56. The van der Waals surface area contributed by atoms with E-state index in [0.29, 0.717) is 5.92 Å². The van der Waals surface area contributed by atoms with Gasteiger partial charge in [-0.25, -0.2) is 0 Å². The normalized spacial score (nSPS) is 41.0. The van der Waals surface area contributed by atoms with Gasteiger partial charge < -0.3 is 5.11 Å². The highest BCUT2D eigenvalue weighted by Gasteiger charge is 2.53. The fourth-order valence-corrected chi connectivity index (χ4v) is 4.81. The minimum absolute atomic E-state index is 0.459. The highest BCUT2D eigenvalue weighted by molar-refractivity contribution is 5.14. The molecule has 0 radical (unpaired) electrons. The number of hydrogen-bond acceptors (Lipinski definition) is 2. The molecular weight excluding hydrogens is 258 g/mol. The molecule has 0 aromatic rings. The van der Waals surface area contributed by atoms with E-state index in [-0.39, 0.29) is 0 Å². The molecule has 0 amide bonds. The van der Waals surface area contributed by atoms with Crippen molar-refractivity contribution in [2.75, 3.05) is 0 Å². The highest BCUT2D eigenvalue weighted by atomic mass is 16.3. The Morgan fingerprint density at radius 3 is 2.10 bits per heavy atom. The summed E-state index contributed by atoms with van der Waals surface area (Å²) in [6, 6.07) is 2.58. The van der Waals surface area contributed by atoms with E-state index >= 15 is 0 Å². The van der Waals surface area contributed by atoms with Crippen molar-refractivity contribution in [1.82, 2.24) is 0 Å². The zero-order chi connectivity index (χ0) is 15.5. The second kappa shape index (κ2) is 6.69. The summed E-state index contributed by atoms with van der Waals surface area (Å²) in [6.07, 6.45) is 10.5. The van der Waals surface area contributed by atoms with Crippen LogP contribution < -0.4 is 0 Å². The van der Waals surface area contributed by atoms with Crippen molar-refractivity contribution >= 4 is 0 Å². The van der Waals surface area contributed by atoms with Crippen LogP contribution in [0.25, 0.3) is 0 Å². The summed E-state index contributed by atoms with van der Waals surface area (Å²) < 4.78 is 0. The van der Waals surface area contributed by atoms with E-state index in [9.17, 15) is 10.4 Å². The standard InChI is InChI=1S/C19H33NO/c1-4-5-16-6-10-18(14-20,11-7-16)19(21)12-8-17(9-13-19)15(2)3/h15-17,21H,4-13H2,1-3H3. The quantitative estimate of drug-likeness (QED) is 0.786. The van der Waals surface area contributed by atoms with Crippen molar-refractivity contribution < 1.29 is 5.11 Å². The van der Waals surface area contributed by atoms with E-state index in [4.69, 9.17) is 0 Å². The smallest absolute Gasteiger partial charge is 0.0860 e. The van der Waals surface area contributed by atoms with Gasteiger partial charge in [0.25, 0.3) is 0 Å². The molecule has 2 aliphatic rings. The lowest BCUT2D eigenvalue weighted by Gasteiger charge is -2.50. The maximum absolute atomic E-state index is 11.2. The summed E-state index contributed by atoms with van der Waals surface area (Å²) in [5.41, 5.74) is -1.18. The van der Waals surface area contributed by atoms with E-state index in [1.807, 2.05) is 0 Å². The predicted molar refractivity (Wildman–Crippen MR) is 86.7 cm³/mol. The molecule has 0 unspecified atom stereocenters. The third kappa shape index (κ3) is 3.29. The Morgan fingerprint density at radius 2 is 1.67 bits per heavy atom. The summed E-state index contributed by atoms with van der Waals surface area (Å²) in [6.45, 7) is 6.81. The van der Waals surface area contributed by atoms with Gasteiger partial charge in [0.05, 0.1) is 17.1 Å². The SMILES string of the molecule is CCCC1CCC(C#N)(C2(O)CCC(C(C)C)CC2)CC1. The van der Waals surface area contributed by atoms with Crippen LogP contribution in [0.15, 0.2) is 0 Å². The molecule has 0 spiro atoms. The lowest BCUT2D eigenvalue weighted by atomic mass is 9.56. The van der Waals surface area contributed by atoms with Crippen LogP contribution in [0.1, 0.15) is 85.0 Å². The van der Waals surface area contributed by atoms with Crippen LogP contribution in [0.3, 0.4) is 0 Å². The second-order valence-corrected chi connectivity index (χ2v) is 8.04. The number of nitrogens with zero attached hydrogens (tertiary/aromatic N) is 1. The third-order valence-corrected chi connectivity index (χ3v) is 6.56. The number of aliphatic hydroxyl groups is 1. The second-order valence-electron chi connectivity index (χ2n) is 8.04. The minimum atomic E-state index is -0.718. The fraction of sp³-hybridized carbons (Fsp3) is 0.947. The first-order valence-electron chi connectivity index (χ1n) is 9.10. The van der Waals surface area contributed by atoms with Gasteiger partial charge in [0.15, 0.2) is 0 Å². The number of nitriles is 1. The van der Waals surface area contributed by atoms with Gasteiger partial charge in [0.2, 0.25) is 0 Å². The first-order chi connectivity index (χ1) is 9.96. The lowest BCUT2D eigenvalue weighted by molar-refractivity contribution is -0.112. The zero-order valence-corrected chi connectivity index (χ0v) is 14.2. The molecule has 0 aliphatic heterocycles. The Hall–Kier alpha value is -0.550. The Bertz CT molecular complexity index is 366. The molecule has 1 N–H and O–H groups in total. The topological polar surface area (TPSA) is 44.0 Å². The molecule has 0 aromatic heterocycles. The van der Waals surface area contributed by atoms with Gasteiger partial charge in [-0.05, 0) is 69.1 Å². The van der Waals surface area contributed by atoms with Crippen LogP contribution in [-0.4, -0.2) is 10.7 Å². The van der Waals surface area contributed by atoms with Gasteiger partial charge in [-0.15, -0.1) is 0 Å². The van der Waals surface area contributed by atoms with E-state index < -0.39 is 11.0 Å². The highest BCUT2D eigenvalue weighted by Crippen LogP contribution is 2.53. The Labute approximate surface area is 130 Å². The van der Waals surface area contributed by atoms with Crippen molar-refractivity contribution in [1.29, 1.82) is 5.26 Å². The Kier molecular flexibility index (Phi) is 5.36. The molecule has 0 heterocycles. The van der Waals surface area contributed by atoms with Crippen LogP contribution in [0.4, 0.5) is 0 Å². The molecule has 0 saturated heterocycles. The van der Waals surface area contributed by atoms with Crippen LogP contribution in [0.2, 0.25) is 0 Å². The summed E-state index contributed by atoms with van der Waals surface area (Å²) >= 11 is 0. The van der Waals surface area contributed by atoms with Gasteiger partial charge >= 0.3 is 0 Å². The van der Waals surface area contributed by atoms with Crippen molar-refractivity contribution in [3.63, 3.8) is 0 Å². The van der Waals surface area contributed by atoms with E-state index in [1.165, 1.54) is 12.8 Å². The van der Waals surface area contributed by atoms with Crippen molar-refractivity contribution in [3.8, 4) is 6.07 Å². The van der Waals surface area contributed by atoms with E-state index in [2.05, 4.69) is 26.8 Å². The average Bonchev–Trinajstić information content (AvgIpc) is 2.49. The molecule has 2 nitrogen and oxygen atoms in total. The summed E-state index contributed by atoms with van der Waals surface area (Å²) in [5.74, 6) is 2.22. The molecule has 0 aromatic carbocycles. The zero-order valence-electron chi connectivity index (χ0n) is 14.2. The van der Waals surface area contributed by atoms with Crippen molar-refractivity contribution in [2.45, 2.75) is 90.6 Å². The van der Waals surface area contributed by atoms with Crippen LogP contribution >= 0.6 is 0 Å². The van der Waals surface area contributed by atoms with Crippen LogP contribution in [0.5, 0.6) is 0 Å². The van der Waals surface area contributed by atoms with Gasteiger partial charge in [-0.2, -0.15) is 5.26 Å². The minimum Gasteiger partial charge on any atom is -0.388 e. The summed E-state index contributed by atoms with van der Waals surface area (Å²) in [7, 11) is 0. The van der Waals surface area contributed by atoms with Gasteiger partial charge in [-0.1, -0.05) is 33.6 Å². The van der Waals surface area contributed by atoms with E-state index in [0.717, 1.165) is 63.2 Å². The van der Waals surface area contributed by atoms with E-state index in [1.54, 1.807) is 0 Å². The fourth-order valence-electron chi connectivity index (χ4n) is 4.81. The largest absolute Gasteiger partial charge is 0.388 e. The maximum atomic E-state index is 11.2. The van der Waals surface area contributed by atoms with Gasteiger partial charge in [-0.3, -0.25) is 0 Å². The Balaban J connectivity index is 2.03. The Morgan fingerprint density at radius 1 is 1.10 bits per heavy atom. The molecule has 2 rings (SSSR count). The lowest BCUT2D eigenvalue weighted by Crippen LogP contribution is -2.51. The number of rotatable bonds is 4. The van der Waals surface area contributed by atoms with Gasteiger partial charge in [0, 0.05) is 0 Å². The van der Waals surface area contributed by atoms with Crippen molar-refractivity contribution in [2.24, 2.45) is 23.2 Å².